The smallest absolute Gasteiger partial charge is 0.266 e. The summed E-state index contributed by atoms with van der Waals surface area (Å²) in [6.07, 6.45) is 2.19. The standard InChI is InChI=1S/C17H17N3O4/c21-13-5-3-12(4-6-13)7-9-18-15(22)10-20-16(23)11-24-14-2-1-8-19-17(14)20/h1-6,8,21H,7,9-11H2,(H,18,22). The number of anilines is 1. The number of aromatic nitrogens is 1. The molecule has 3 rings (SSSR count). The van der Waals surface area contributed by atoms with E-state index in [0.29, 0.717) is 24.5 Å². The highest BCUT2D eigenvalue weighted by atomic mass is 16.5. The van der Waals surface area contributed by atoms with E-state index in [9.17, 15) is 14.7 Å². The van der Waals surface area contributed by atoms with Crippen LogP contribution < -0.4 is 15.0 Å². The van der Waals surface area contributed by atoms with Gasteiger partial charge < -0.3 is 15.2 Å². The minimum atomic E-state index is -0.296. The van der Waals surface area contributed by atoms with Crippen LogP contribution in [0.25, 0.3) is 0 Å². The molecule has 0 spiro atoms. The van der Waals surface area contributed by atoms with Crippen LogP contribution in [0.1, 0.15) is 5.56 Å². The van der Waals surface area contributed by atoms with E-state index in [4.69, 9.17) is 4.74 Å². The first-order valence-electron chi connectivity index (χ1n) is 7.56. The molecule has 7 nitrogen and oxygen atoms in total. The van der Waals surface area contributed by atoms with Crippen LogP contribution in [0, 0.1) is 0 Å². The number of carbonyl (C=O) groups is 2. The Morgan fingerprint density at radius 1 is 1.29 bits per heavy atom. The number of nitrogens with zero attached hydrogens (tertiary/aromatic N) is 2. The predicted octanol–water partition coefficient (Wildman–Crippen LogP) is 0.871. The first-order chi connectivity index (χ1) is 11.6. The molecular weight excluding hydrogens is 310 g/mol. The van der Waals surface area contributed by atoms with Crippen molar-refractivity contribution in [2.45, 2.75) is 6.42 Å². The molecule has 0 fully saturated rings. The summed E-state index contributed by atoms with van der Waals surface area (Å²) >= 11 is 0. The predicted molar refractivity (Wildman–Crippen MR) is 86.9 cm³/mol. The number of amides is 2. The minimum absolute atomic E-state index is 0.0955. The monoisotopic (exact) mass is 327 g/mol. The van der Waals surface area contributed by atoms with Crippen molar-refractivity contribution in [3.8, 4) is 11.5 Å². The zero-order valence-corrected chi connectivity index (χ0v) is 12.9. The molecule has 0 saturated heterocycles. The number of nitrogens with one attached hydrogen (secondary N) is 1. The first-order valence-corrected chi connectivity index (χ1v) is 7.56. The molecule has 1 aromatic carbocycles. The number of carbonyl (C=O) groups excluding carboxylic acids is 2. The molecule has 2 heterocycles. The lowest BCUT2D eigenvalue weighted by Crippen LogP contribution is -2.45. The van der Waals surface area contributed by atoms with E-state index in [1.54, 1.807) is 42.6 Å². The van der Waals surface area contributed by atoms with Gasteiger partial charge in [-0.3, -0.25) is 14.5 Å². The number of hydrogen-bond acceptors (Lipinski definition) is 5. The van der Waals surface area contributed by atoms with E-state index in [-0.39, 0.29) is 30.7 Å². The summed E-state index contributed by atoms with van der Waals surface area (Å²) in [4.78, 5) is 29.5. The van der Waals surface area contributed by atoms with Gasteiger partial charge in [-0.2, -0.15) is 0 Å². The van der Waals surface area contributed by atoms with Crippen LogP contribution in [0.15, 0.2) is 42.6 Å². The van der Waals surface area contributed by atoms with E-state index in [1.807, 2.05) is 0 Å². The van der Waals surface area contributed by atoms with Gasteiger partial charge in [0, 0.05) is 12.7 Å². The van der Waals surface area contributed by atoms with E-state index >= 15 is 0 Å². The van der Waals surface area contributed by atoms with Gasteiger partial charge in [-0.25, -0.2) is 4.98 Å². The van der Waals surface area contributed by atoms with Gasteiger partial charge in [0.15, 0.2) is 18.2 Å². The van der Waals surface area contributed by atoms with Gasteiger partial charge in [-0.15, -0.1) is 0 Å². The van der Waals surface area contributed by atoms with Crippen molar-refractivity contribution in [1.29, 1.82) is 0 Å². The molecule has 0 bridgehead atoms. The van der Waals surface area contributed by atoms with Gasteiger partial charge in [-0.05, 0) is 36.2 Å². The number of phenolic OH excluding ortho intramolecular Hbond substituents is 1. The highest BCUT2D eigenvalue weighted by molar-refractivity contribution is 6.01. The molecule has 2 aromatic rings. The fraction of sp³-hybridized carbons (Fsp3) is 0.235. The third kappa shape index (κ3) is 3.62. The molecule has 1 aromatic heterocycles. The highest BCUT2D eigenvalue weighted by Crippen LogP contribution is 2.28. The van der Waals surface area contributed by atoms with E-state index in [2.05, 4.69) is 10.3 Å². The van der Waals surface area contributed by atoms with Crippen LogP contribution in [-0.4, -0.2) is 41.6 Å². The summed E-state index contributed by atoms with van der Waals surface area (Å²) in [6.45, 7) is 0.248. The Morgan fingerprint density at radius 3 is 2.88 bits per heavy atom. The van der Waals surface area contributed by atoms with Crippen molar-refractivity contribution in [3.63, 3.8) is 0 Å². The topological polar surface area (TPSA) is 91.8 Å². The van der Waals surface area contributed by atoms with E-state index < -0.39 is 0 Å². The number of phenols is 1. The van der Waals surface area contributed by atoms with Gasteiger partial charge in [0.25, 0.3) is 5.91 Å². The van der Waals surface area contributed by atoms with Crippen molar-refractivity contribution in [3.05, 3.63) is 48.2 Å². The van der Waals surface area contributed by atoms with Gasteiger partial charge >= 0.3 is 0 Å². The maximum Gasteiger partial charge on any atom is 0.266 e. The van der Waals surface area contributed by atoms with Crippen molar-refractivity contribution in [2.75, 3.05) is 24.6 Å². The summed E-state index contributed by atoms with van der Waals surface area (Å²) in [5.74, 6) is 0.506. The van der Waals surface area contributed by atoms with Crippen molar-refractivity contribution in [1.82, 2.24) is 10.3 Å². The first kappa shape index (κ1) is 15.8. The number of fused-ring (bicyclic) bond motifs is 1. The largest absolute Gasteiger partial charge is 0.508 e. The van der Waals surface area contributed by atoms with Crippen LogP contribution in [-0.2, 0) is 16.0 Å². The third-order valence-electron chi connectivity index (χ3n) is 3.63. The molecule has 1 aliphatic rings. The summed E-state index contributed by atoms with van der Waals surface area (Å²) in [5.41, 5.74) is 1.00. The number of rotatable bonds is 5. The lowest BCUT2D eigenvalue weighted by atomic mass is 10.1. The molecule has 2 amide bonds. The Balaban J connectivity index is 1.55. The molecule has 124 valence electrons. The quantitative estimate of drug-likeness (QED) is 0.850. The van der Waals surface area contributed by atoms with Gasteiger partial charge in [0.05, 0.1) is 0 Å². The molecule has 0 radical (unpaired) electrons. The molecule has 0 atom stereocenters. The molecule has 24 heavy (non-hydrogen) atoms. The highest BCUT2D eigenvalue weighted by Gasteiger charge is 2.28. The number of pyridine rings is 1. The number of hydrogen-bond donors (Lipinski definition) is 2. The second-order valence-corrected chi connectivity index (χ2v) is 5.36. The van der Waals surface area contributed by atoms with Crippen molar-refractivity contribution < 1.29 is 19.4 Å². The SMILES string of the molecule is O=C(CN1C(=O)COc2cccnc21)NCCc1ccc(O)cc1. The van der Waals surface area contributed by atoms with E-state index in [0.717, 1.165) is 5.56 Å². The van der Waals surface area contributed by atoms with Crippen LogP contribution in [0.2, 0.25) is 0 Å². The second-order valence-electron chi connectivity index (χ2n) is 5.36. The number of benzene rings is 1. The average molecular weight is 327 g/mol. The minimum Gasteiger partial charge on any atom is -0.508 e. The maximum absolute atomic E-state index is 12.1. The summed E-state index contributed by atoms with van der Waals surface area (Å²) in [7, 11) is 0. The Bertz CT molecular complexity index is 746. The van der Waals surface area contributed by atoms with Crippen LogP contribution in [0.3, 0.4) is 0 Å². The molecular formula is C17H17N3O4. The second kappa shape index (κ2) is 6.99. The zero-order chi connectivity index (χ0) is 16.9. The Labute approximate surface area is 138 Å². The average Bonchev–Trinajstić information content (AvgIpc) is 2.59. The van der Waals surface area contributed by atoms with Crippen molar-refractivity contribution in [2.24, 2.45) is 0 Å². The summed E-state index contributed by atoms with van der Waals surface area (Å²) in [5, 5.41) is 12.0. The van der Waals surface area contributed by atoms with Gasteiger partial charge in [0.1, 0.15) is 12.3 Å². The Hall–Kier alpha value is -3.09. The maximum atomic E-state index is 12.1. The van der Waals surface area contributed by atoms with Crippen LogP contribution in [0.5, 0.6) is 11.5 Å². The molecule has 2 N–H and O–H groups in total. The number of aromatic hydroxyl groups is 1. The van der Waals surface area contributed by atoms with Gasteiger partial charge in [-0.1, -0.05) is 12.1 Å². The van der Waals surface area contributed by atoms with Crippen LogP contribution in [0.4, 0.5) is 5.82 Å². The molecule has 1 aliphatic heterocycles. The fourth-order valence-electron chi connectivity index (χ4n) is 2.40. The fourth-order valence-corrected chi connectivity index (χ4v) is 2.40. The summed E-state index contributed by atoms with van der Waals surface area (Å²) < 4.78 is 5.29. The molecule has 7 heteroatoms. The molecule has 0 aliphatic carbocycles. The summed E-state index contributed by atoms with van der Waals surface area (Å²) in [6, 6.07) is 10.2. The molecule has 0 unspecified atom stereocenters. The van der Waals surface area contributed by atoms with Crippen molar-refractivity contribution >= 4 is 17.6 Å². The lowest BCUT2D eigenvalue weighted by Gasteiger charge is -2.27. The zero-order valence-electron chi connectivity index (χ0n) is 12.9. The van der Waals surface area contributed by atoms with E-state index in [1.165, 1.54) is 4.90 Å². The Morgan fingerprint density at radius 2 is 2.08 bits per heavy atom. The number of ether oxygens (including phenoxy) is 1. The third-order valence-corrected chi connectivity index (χ3v) is 3.63. The Kier molecular flexibility index (Phi) is 4.60. The molecule has 0 saturated carbocycles. The van der Waals surface area contributed by atoms with Gasteiger partial charge in [0.2, 0.25) is 5.91 Å². The normalized spacial score (nSPS) is 13.2. The lowest BCUT2D eigenvalue weighted by molar-refractivity contribution is -0.125. The van der Waals surface area contributed by atoms with Crippen LogP contribution >= 0.6 is 0 Å².